The molecule has 4 aromatic rings. The molecule has 0 spiro atoms. The highest BCUT2D eigenvalue weighted by Gasteiger charge is 2.19. The lowest BCUT2D eigenvalue weighted by Gasteiger charge is -2.11. The molecule has 0 aliphatic carbocycles. The molecule has 35 heavy (non-hydrogen) atoms. The highest BCUT2D eigenvalue weighted by atomic mass is 16.5. The number of carbonyl (C=O) groups is 2. The number of aromatic hydroxyl groups is 1. The molecule has 0 saturated heterocycles. The van der Waals surface area contributed by atoms with Gasteiger partial charge in [-0.3, -0.25) is 9.59 Å². The average molecular weight is 469 g/mol. The molecule has 0 aromatic heterocycles. The van der Waals surface area contributed by atoms with Crippen LogP contribution >= 0.6 is 0 Å². The van der Waals surface area contributed by atoms with Gasteiger partial charge >= 0.3 is 0 Å². The van der Waals surface area contributed by atoms with E-state index in [0.29, 0.717) is 40.0 Å². The largest absolute Gasteiger partial charge is 0.505 e. The maximum absolute atomic E-state index is 13.0. The van der Waals surface area contributed by atoms with Gasteiger partial charge < -0.3 is 20.5 Å². The Morgan fingerprint density at radius 3 is 2.40 bits per heavy atom. The minimum absolute atomic E-state index is 0.0598. The minimum Gasteiger partial charge on any atom is -0.505 e. The van der Waals surface area contributed by atoms with Crippen LogP contribution in [-0.4, -0.2) is 30.6 Å². The van der Waals surface area contributed by atoms with Crippen molar-refractivity contribution in [1.29, 1.82) is 0 Å². The number of amides is 2. The molecule has 176 valence electrons. The molecule has 0 bridgehead atoms. The number of methoxy groups -OCH3 is 1. The fourth-order valence-corrected chi connectivity index (χ4v) is 3.59. The van der Waals surface area contributed by atoms with Crippen molar-refractivity contribution in [3.63, 3.8) is 0 Å². The quantitative estimate of drug-likeness (QED) is 0.290. The third kappa shape index (κ3) is 5.11. The second kappa shape index (κ2) is 10.5. The molecular formula is C27H24N4O4. The van der Waals surface area contributed by atoms with E-state index in [0.717, 1.165) is 0 Å². The summed E-state index contributed by atoms with van der Waals surface area (Å²) < 4.78 is 5.36. The number of benzene rings is 4. The molecule has 8 nitrogen and oxygen atoms in total. The van der Waals surface area contributed by atoms with Crippen LogP contribution in [0, 0.1) is 0 Å². The van der Waals surface area contributed by atoms with Crippen molar-refractivity contribution in [1.82, 2.24) is 5.32 Å². The maximum atomic E-state index is 13.0. The number of phenolic OH excluding ortho intramolecular Hbond substituents is 1. The lowest BCUT2D eigenvalue weighted by atomic mass is 10.0. The molecule has 0 unspecified atom stereocenters. The Morgan fingerprint density at radius 1 is 0.914 bits per heavy atom. The molecule has 0 heterocycles. The monoisotopic (exact) mass is 468 g/mol. The van der Waals surface area contributed by atoms with Gasteiger partial charge in [-0.15, -0.1) is 10.2 Å². The predicted octanol–water partition coefficient (Wildman–Crippen LogP) is 5.97. The Hall–Kier alpha value is -4.72. The number of azo groups is 1. The maximum Gasteiger partial charge on any atom is 0.259 e. The van der Waals surface area contributed by atoms with Gasteiger partial charge in [0.25, 0.3) is 11.8 Å². The third-order valence-corrected chi connectivity index (χ3v) is 5.31. The zero-order valence-electron chi connectivity index (χ0n) is 19.3. The average Bonchev–Trinajstić information content (AvgIpc) is 2.88. The third-order valence-electron chi connectivity index (χ3n) is 5.31. The van der Waals surface area contributed by atoms with E-state index >= 15 is 0 Å². The first-order valence-electron chi connectivity index (χ1n) is 11.0. The van der Waals surface area contributed by atoms with Crippen LogP contribution in [0.1, 0.15) is 27.6 Å². The van der Waals surface area contributed by atoms with Gasteiger partial charge in [0, 0.05) is 23.2 Å². The van der Waals surface area contributed by atoms with Crippen molar-refractivity contribution < 1.29 is 19.4 Å². The smallest absolute Gasteiger partial charge is 0.259 e. The van der Waals surface area contributed by atoms with E-state index < -0.39 is 5.91 Å². The first-order valence-corrected chi connectivity index (χ1v) is 11.0. The van der Waals surface area contributed by atoms with Gasteiger partial charge in [-0.1, -0.05) is 42.5 Å². The topological polar surface area (TPSA) is 112 Å². The van der Waals surface area contributed by atoms with Crippen LogP contribution in [-0.2, 0) is 0 Å². The second-order valence-electron chi connectivity index (χ2n) is 7.61. The van der Waals surface area contributed by atoms with E-state index in [2.05, 4.69) is 20.9 Å². The number of hydrogen-bond acceptors (Lipinski definition) is 6. The molecule has 8 heteroatoms. The van der Waals surface area contributed by atoms with Gasteiger partial charge in [0.1, 0.15) is 17.1 Å². The Balaban J connectivity index is 1.78. The molecule has 0 atom stereocenters. The first kappa shape index (κ1) is 23.4. The van der Waals surface area contributed by atoms with Crippen molar-refractivity contribution in [3.05, 3.63) is 90.0 Å². The molecule has 3 N–H and O–H groups in total. The van der Waals surface area contributed by atoms with Crippen LogP contribution in [0.3, 0.4) is 0 Å². The van der Waals surface area contributed by atoms with Gasteiger partial charge in [-0.05, 0) is 48.7 Å². The van der Waals surface area contributed by atoms with Gasteiger partial charge in [-0.2, -0.15) is 0 Å². The molecule has 0 radical (unpaired) electrons. The van der Waals surface area contributed by atoms with Crippen LogP contribution in [0.5, 0.6) is 11.5 Å². The summed E-state index contributed by atoms with van der Waals surface area (Å²) >= 11 is 0. The molecule has 4 rings (SSSR count). The molecule has 0 aliphatic rings. The Morgan fingerprint density at radius 2 is 1.66 bits per heavy atom. The Bertz CT molecular complexity index is 1420. The standard InChI is InChI=1S/C27H24N4O4/c1-3-28-26(33)18-13-14-23(35-2)22(16-18)30-31-24-20-12-8-7-9-17(20)15-21(25(24)32)27(34)29-19-10-5-4-6-11-19/h4-16,32H,3H2,1-2H3,(H,28,33)(H,29,34). The van der Waals surface area contributed by atoms with E-state index in [4.69, 9.17) is 4.74 Å². The van der Waals surface area contributed by atoms with Crippen LogP contribution in [0.2, 0.25) is 0 Å². The summed E-state index contributed by atoms with van der Waals surface area (Å²) in [5, 5.41) is 26.4. The van der Waals surface area contributed by atoms with Gasteiger partial charge in [0.05, 0.1) is 12.7 Å². The number of fused-ring (bicyclic) bond motifs is 1. The number of phenols is 1. The lowest BCUT2D eigenvalue weighted by Crippen LogP contribution is -2.22. The van der Waals surface area contributed by atoms with E-state index in [-0.39, 0.29) is 22.9 Å². The lowest BCUT2D eigenvalue weighted by molar-refractivity contribution is 0.0954. The number of hydrogen-bond donors (Lipinski definition) is 3. The summed E-state index contributed by atoms with van der Waals surface area (Å²) in [4.78, 5) is 25.2. The van der Waals surface area contributed by atoms with Crippen molar-refractivity contribution >= 4 is 39.6 Å². The van der Waals surface area contributed by atoms with Crippen LogP contribution in [0.4, 0.5) is 17.1 Å². The van der Waals surface area contributed by atoms with E-state index in [1.165, 1.54) is 7.11 Å². The van der Waals surface area contributed by atoms with Gasteiger partial charge in [-0.25, -0.2) is 0 Å². The fourth-order valence-electron chi connectivity index (χ4n) is 3.59. The molecule has 4 aromatic carbocycles. The van der Waals surface area contributed by atoms with Gasteiger partial charge in [0.2, 0.25) is 0 Å². The van der Waals surface area contributed by atoms with E-state index in [1.54, 1.807) is 60.7 Å². The van der Waals surface area contributed by atoms with Crippen molar-refractivity contribution in [2.75, 3.05) is 19.0 Å². The number of ether oxygens (including phenoxy) is 1. The summed E-state index contributed by atoms with van der Waals surface area (Å²) in [6.07, 6.45) is 0. The Labute approximate surface area is 202 Å². The van der Waals surface area contributed by atoms with Crippen LogP contribution in [0.25, 0.3) is 10.8 Å². The number of nitrogens with zero attached hydrogens (tertiary/aromatic N) is 2. The highest BCUT2D eigenvalue weighted by Crippen LogP contribution is 2.40. The van der Waals surface area contributed by atoms with Crippen LogP contribution in [0.15, 0.2) is 89.1 Å². The SMILES string of the molecule is CCNC(=O)c1ccc(OC)c(N=Nc2c(O)c(C(=O)Nc3ccccc3)cc3ccccc23)c1. The summed E-state index contributed by atoms with van der Waals surface area (Å²) in [6, 6.07) is 22.6. The number of para-hydroxylation sites is 1. The van der Waals surface area contributed by atoms with Crippen molar-refractivity contribution in [2.45, 2.75) is 6.92 Å². The first-order chi connectivity index (χ1) is 17.0. The zero-order valence-corrected chi connectivity index (χ0v) is 19.3. The minimum atomic E-state index is -0.480. The van der Waals surface area contributed by atoms with Crippen molar-refractivity contribution in [3.8, 4) is 11.5 Å². The highest BCUT2D eigenvalue weighted by molar-refractivity contribution is 6.11. The summed E-state index contributed by atoms with van der Waals surface area (Å²) in [6.45, 7) is 2.32. The number of carbonyl (C=O) groups excluding carboxylic acids is 2. The number of nitrogens with one attached hydrogen (secondary N) is 2. The molecule has 2 amide bonds. The Kier molecular flexibility index (Phi) is 7.02. The van der Waals surface area contributed by atoms with Crippen LogP contribution < -0.4 is 15.4 Å². The molecule has 0 saturated carbocycles. The summed E-state index contributed by atoms with van der Waals surface area (Å²) in [5.41, 5.74) is 1.49. The summed E-state index contributed by atoms with van der Waals surface area (Å²) in [5.74, 6) is -0.630. The van der Waals surface area contributed by atoms with Gasteiger partial charge in [0.15, 0.2) is 5.75 Å². The zero-order chi connectivity index (χ0) is 24.8. The number of anilines is 1. The summed E-state index contributed by atoms with van der Waals surface area (Å²) in [7, 11) is 1.49. The van der Waals surface area contributed by atoms with E-state index in [1.807, 2.05) is 25.1 Å². The molecule has 0 fully saturated rings. The fraction of sp³-hybridized carbons (Fsp3) is 0.111. The van der Waals surface area contributed by atoms with E-state index in [9.17, 15) is 14.7 Å². The van der Waals surface area contributed by atoms with Crippen molar-refractivity contribution in [2.24, 2.45) is 10.2 Å². The molecular weight excluding hydrogens is 444 g/mol. The second-order valence-corrected chi connectivity index (χ2v) is 7.61. The predicted molar refractivity (Wildman–Crippen MR) is 135 cm³/mol. The normalized spacial score (nSPS) is 10.9. The molecule has 0 aliphatic heterocycles. The number of rotatable bonds is 7.